The van der Waals surface area contributed by atoms with Crippen LogP contribution in [0.25, 0.3) is 10.8 Å². The van der Waals surface area contributed by atoms with E-state index in [4.69, 9.17) is 4.98 Å². The number of nitrogens with zero attached hydrogens (tertiary/aromatic N) is 2. The molecule has 1 N–H and O–H groups in total. The first kappa shape index (κ1) is 22.3. The second-order valence-electron chi connectivity index (χ2n) is 10.1. The Hall–Kier alpha value is -2.88. The quantitative estimate of drug-likeness (QED) is 0.528. The summed E-state index contributed by atoms with van der Waals surface area (Å²) in [6.07, 6.45) is 7.65. The molecule has 1 fully saturated rings. The van der Waals surface area contributed by atoms with Gasteiger partial charge in [-0.15, -0.1) is 0 Å². The van der Waals surface area contributed by atoms with E-state index in [0.717, 1.165) is 35.0 Å². The van der Waals surface area contributed by atoms with Crippen molar-refractivity contribution in [3.63, 3.8) is 0 Å². The number of amides is 1. The van der Waals surface area contributed by atoms with Crippen molar-refractivity contribution in [1.82, 2.24) is 10.3 Å². The molecule has 1 atom stereocenters. The number of nitrogens with one attached hydrogen (secondary N) is 1. The molecule has 168 valence electrons. The number of anilines is 1. The van der Waals surface area contributed by atoms with E-state index in [1.165, 1.54) is 24.8 Å². The summed E-state index contributed by atoms with van der Waals surface area (Å²) in [5, 5.41) is 5.52. The van der Waals surface area contributed by atoms with Gasteiger partial charge in [-0.25, -0.2) is 0 Å². The minimum atomic E-state index is -0.484. The van der Waals surface area contributed by atoms with E-state index >= 15 is 0 Å². The lowest BCUT2D eigenvalue weighted by atomic mass is 9.87. The van der Waals surface area contributed by atoms with Crippen LogP contribution in [0, 0.1) is 0 Å². The molecule has 1 unspecified atom stereocenters. The Kier molecular flexibility index (Phi) is 6.50. The maximum atomic E-state index is 13.6. The highest BCUT2D eigenvalue weighted by molar-refractivity contribution is 5.88. The monoisotopic (exact) mass is 429 g/mol. The summed E-state index contributed by atoms with van der Waals surface area (Å²) in [6, 6.07) is 18.6. The molecule has 0 saturated heterocycles. The maximum Gasteiger partial charge on any atom is 0.249 e. The molecule has 0 aliphatic heterocycles. The topological polar surface area (TPSA) is 45.2 Å². The van der Waals surface area contributed by atoms with Crippen LogP contribution in [0.15, 0.2) is 60.8 Å². The van der Waals surface area contributed by atoms with Crippen molar-refractivity contribution in [2.45, 2.75) is 70.4 Å². The second-order valence-corrected chi connectivity index (χ2v) is 10.1. The number of fused-ring (bicyclic) bond motifs is 1. The van der Waals surface area contributed by atoms with E-state index in [2.05, 4.69) is 73.5 Å². The molecule has 32 heavy (non-hydrogen) atoms. The molecule has 1 amide bonds. The number of carbonyl (C=O) groups is 1. The van der Waals surface area contributed by atoms with E-state index in [1.54, 1.807) is 0 Å². The summed E-state index contributed by atoms with van der Waals surface area (Å²) < 4.78 is 0. The number of benzene rings is 2. The number of hydrogen-bond acceptors (Lipinski definition) is 3. The van der Waals surface area contributed by atoms with Crippen LogP contribution in [0.2, 0.25) is 0 Å². The molecule has 3 aromatic rings. The molecule has 0 radical (unpaired) electrons. The van der Waals surface area contributed by atoms with Crippen molar-refractivity contribution >= 4 is 22.4 Å². The van der Waals surface area contributed by atoms with Crippen LogP contribution >= 0.6 is 0 Å². The minimum Gasteiger partial charge on any atom is -0.358 e. The number of likely N-dealkylation sites (N-methyl/N-ethyl adjacent to an activating group) is 1. The molecule has 2 aromatic carbocycles. The molecule has 1 aliphatic rings. The lowest BCUT2D eigenvalue weighted by Crippen LogP contribution is -2.44. The Morgan fingerprint density at radius 2 is 1.66 bits per heavy atom. The van der Waals surface area contributed by atoms with Crippen LogP contribution in [-0.4, -0.2) is 24.0 Å². The molecular weight excluding hydrogens is 394 g/mol. The first-order chi connectivity index (χ1) is 15.3. The minimum absolute atomic E-state index is 0.0297. The molecule has 4 rings (SSSR count). The Balaban J connectivity index is 1.67. The summed E-state index contributed by atoms with van der Waals surface area (Å²) in [4.78, 5) is 20.4. The van der Waals surface area contributed by atoms with Crippen molar-refractivity contribution in [2.24, 2.45) is 0 Å². The third kappa shape index (κ3) is 4.95. The summed E-state index contributed by atoms with van der Waals surface area (Å²) in [7, 11) is 1.99. The summed E-state index contributed by atoms with van der Waals surface area (Å²) >= 11 is 0. The molecule has 4 nitrogen and oxygen atoms in total. The van der Waals surface area contributed by atoms with Gasteiger partial charge >= 0.3 is 0 Å². The van der Waals surface area contributed by atoms with Crippen LogP contribution < -0.4 is 10.2 Å². The predicted octanol–water partition coefficient (Wildman–Crippen LogP) is 6.16. The van der Waals surface area contributed by atoms with Crippen molar-refractivity contribution in [3.05, 3.63) is 72.1 Å². The normalized spacial score (nSPS) is 16.0. The summed E-state index contributed by atoms with van der Waals surface area (Å²) in [5.41, 5.74) is 3.16. The van der Waals surface area contributed by atoms with Gasteiger partial charge in [-0.3, -0.25) is 9.78 Å². The molecule has 1 aromatic heterocycles. The fraction of sp³-hybridized carbons (Fsp3) is 0.429. The zero-order valence-electron chi connectivity index (χ0n) is 19.8. The van der Waals surface area contributed by atoms with E-state index in [9.17, 15) is 4.79 Å². The van der Waals surface area contributed by atoms with Crippen molar-refractivity contribution in [3.8, 4) is 0 Å². The summed E-state index contributed by atoms with van der Waals surface area (Å²) in [5.74, 6) is 0.0297. The summed E-state index contributed by atoms with van der Waals surface area (Å²) in [6.45, 7) is 6.64. The Morgan fingerprint density at radius 1 is 1.00 bits per heavy atom. The second kappa shape index (κ2) is 9.32. The zero-order valence-corrected chi connectivity index (χ0v) is 19.8. The average molecular weight is 430 g/mol. The molecule has 0 spiro atoms. The fourth-order valence-corrected chi connectivity index (χ4v) is 4.63. The van der Waals surface area contributed by atoms with Crippen molar-refractivity contribution in [1.29, 1.82) is 0 Å². The highest BCUT2D eigenvalue weighted by Gasteiger charge is 2.29. The largest absolute Gasteiger partial charge is 0.358 e. The first-order valence-electron chi connectivity index (χ1n) is 11.8. The molecule has 4 heteroatoms. The smallest absolute Gasteiger partial charge is 0.249 e. The predicted molar refractivity (Wildman–Crippen MR) is 133 cm³/mol. The van der Waals surface area contributed by atoms with Gasteiger partial charge in [0.1, 0.15) is 0 Å². The van der Waals surface area contributed by atoms with Crippen LogP contribution in [0.4, 0.5) is 5.69 Å². The molecule has 1 saturated carbocycles. The molecule has 1 aliphatic carbocycles. The van der Waals surface area contributed by atoms with Gasteiger partial charge in [-0.1, -0.05) is 76.4 Å². The average Bonchev–Trinajstić information content (AvgIpc) is 2.79. The highest BCUT2D eigenvalue weighted by atomic mass is 16.2. The van der Waals surface area contributed by atoms with Crippen LogP contribution in [0.3, 0.4) is 0 Å². The standard InChI is InChI=1S/C28H35N3O/c1-28(2,3)22-14-16-24(17-15-22)31(4)26(27(32)30-23-12-6-5-7-13-23)25-18-20-10-8-9-11-21(20)19-29-25/h8-11,14-19,23,26H,5-7,12-13H2,1-4H3,(H,30,32). The van der Waals surface area contributed by atoms with Gasteiger partial charge in [0.05, 0.1) is 5.69 Å². The fourth-order valence-electron chi connectivity index (χ4n) is 4.63. The maximum absolute atomic E-state index is 13.6. The molecule has 0 bridgehead atoms. The third-order valence-electron chi connectivity index (χ3n) is 6.66. The number of hydrogen-bond donors (Lipinski definition) is 1. The van der Waals surface area contributed by atoms with Gasteiger partial charge in [-0.05, 0) is 47.4 Å². The van der Waals surface area contributed by atoms with Gasteiger partial charge in [0.25, 0.3) is 0 Å². The van der Waals surface area contributed by atoms with Crippen LogP contribution in [0.1, 0.15) is 70.2 Å². The number of rotatable bonds is 5. The van der Waals surface area contributed by atoms with E-state index < -0.39 is 6.04 Å². The lowest BCUT2D eigenvalue weighted by molar-refractivity contribution is -0.123. The van der Waals surface area contributed by atoms with Gasteiger partial charge in [-0.2, -0.15) is 0 Å². The Bertz CT molecular complexity index is 1060. The van der Waals surface area contributed by atoms with Gasteiger partial charge in [0.15, 0.2) is 6.04 Å². The third-order valence-corrected chi connectivity index (χ3v) is 6.66. The molecule has 1 heterocycles. The van der Waals surface area contributed by atoms with Crippen LogP contribution in [0.5, 0.6) is 0 Å². The van der Waals surface area contributed by atoms with E-state index in [-0.39, 0.29) is 17.4 Å². The number of aromatic nitrogens is 1. The van der Waals surface area contributed by atoms with Crippen molar-refractivity contribution in [2.75, 3.05) is 11.9 Å². The lowest BCUT2D eigenvalue weighted by Gasteiger charge is -2.32. The zero-order chi connectivity index (χ0) is 22.7. The van der Waals surface area contributed by atoms with Gasteiger partial charge < -0.3 is 10.2 Å². The molecular formula is C28H35N3O. The highest BCUT2D eigenvalue weighted by Crippen LogP contribution is 2.30. The Morgan fingerprint density at radius 3 is 2.31 bits per heavy atom. The van der Waals surface area contributed by atoms with Crippen molar-refractivity contribution < 1.29 is 4.79 Å². The Labute approximate surface area is 192 Å². The van der Waals surface area contributed by atoms with Crippen LogP contribution in [-0.2, 0) is 10.2 Å². The van der Waals surface area contributed by atoms with E-state index in [1.807, 2.05) is 25.4 Å². The van der Waals surface area contributed by atoms with Gasteiger partial charge in [0.2, 0.25) is 5.91 Å². The van der Waals surface area contributed by atoms with E-state index in [0.29, 0.717) is 0 Å². The van der Waals surface area contributed by atoms with Gasteiger partial charge in [0, 0.05) is 30.4 Å². The first-order valence-corrected chi connectivity index (χ1v) is 11.8. The number of pyridine rings is 1. The SMILES string of the molecule is CN(c1ccc(C(C)(C)C)cc1)C(C(=O)NC1CCCCC1)c1cc2ccccc2cn1. The number of carbonyl (C=O) groups excluding carboxylic acids is 1.